The van der Waals surface area contributed by atoms with Crippen LogP contribution < -0.4 is 21.8 Å². The highest BCUT2D eigenvalue weighted by Gasteiger charge is 2.31. The molecular formula is C23H17F3N8O2. The Kier molecular flexibility index (Phi) is 5.43. The van der Waals surface area contributed by atoms with E-state index in [-0.39, 0.29) is 22.3 Å². The number of aromatic nitrogens is 5. The highest BCUT2D eigenvalue weighted by molar-refractivity contribution is 6.01. The fraction of sp³-hybridized carbons (Fsp3) is 0.0435. The number of anilines is 3. The van der Waals surface area contributed by atoms with Crippen LogP contribution in [0.4, 0.5) is 35.2 Å². The summed E-state index contributed by atoms with van der Waals surface area (Å²) in [4.78, 5) is 32.8. The Hall–Kier alpha value is -5.07. The number of alkyl halides is 3. The summed E-state index contributed by atoms with van der Waals surface area (Å²) in [6.45, 7) is 0. The molecule has 0 atom stereocenters. The number of hydrogen-bond acceptors (Lipinski definition) is 5. The molecule has 0 radical (unpaired) electrons. The first-order chi connectivity index (χ1) is 17.2. The lowest BCUT2D eigenvalue weighted by molar-refractivity contribution is -0.137. The quantitative estimate of drug-likeness (QED) is 0.298. The van der Waals surface area contributed by atoms with Gasteiger partial charge in [-0.15, -0.1) is 0 Å². The zero-order valence-corrected chi connectivity index (χ0v) is 18.2. The van der Waals surface area contributed by atoms with Crippen LogP contribution in [-0.2, 0) is 6.18 Å². The number of nitrogens with zero attached hydrogens (tertiary/aromatic N) is 4. The maximum atomic E-state index is 13.2. The fourth-order valence-electron chi connectivity index (χ4n) is 3.62. The van der Waals surface area contributed by atoms with Gasteiger partial charge in [-0.3, -0.25) is 14.6 Å². The van der Waals surface area contributed by atoms with E-state index in [1.54, 1.807) is 47.4 Å². The first-order valence-corrected chi connectivity index (χ1v) is 10.4. The van der Waals surface area contributed by atoms with Crippen LogP contribution in [0.25, 0.3) is 22.4 Å². The predicted molar refractivity (Wildman–Crippen MR) is 127 cm³/mol. The van der Waals surface area contributed by atoms with E-state index in [9.17, 15) is 22.8 Å². The molecule has 5 N–H and O–H groups in total. The first-order valence-electron chi connectivity index (χ1n) is 10.4. The van der Waals surface area contributed by atoms with Crippen molar-refractivity contribution in [1.29, 1.82) is 0 Å². The summed E-state index contributed by atoms with van der Waals surface area (Å²) in [5, 5.41) is 8.03. The second kappa shape index (κ2) is 8.61. The summed E-state index contributed by atoms with van der Waals surface area (Å²) in [5.41, 5.74) is 6.25. The topological polar surface area (TPSA) is 136 Å². The zero-order chi connectivity index (χ0) is 25.4. The van der Waals surface area contributed by atoms with Gasteiger partial charge in [-0.1, -0.05) is 0 Å². The van der Waals surface area contributed by atoms with Crippen LogP contribution in [0.1, 0.15) is 5.56 Å². The van der Waals surface area contributed by atoms with Crippen molar-refractivity contribution < 1.29 is 18.0 Å². The van der Waals surface area contributed by atoms with Crippen LogP contribution in [0.15, 0.2) is 78.2 Å². The van der Waals surface area contributed by atoms with E-state index >= 15 is 0 Å². The molecule has 5 aromatic rings. The molecule has 182 valence electrons. The maximum absolute atomic E-state index is 13.2. The molecule has 2 amide bonds. The Morgan fingerprint density at radius 1 is 1.00 bits per heavy atom. The van der Waals surface area contributed by atoms with E-state index < -0.39 is 17.8 Å². The number of halogens is 3. The molecule has 0 saturated heterocycles. The van der Waals surface area contributed by atoms with Crippen LogP contribution in [0, 0.1) is 0 Å². The van der Waals surface area contributed by atoms with Crippen molar-refractivity contribution >= 4 is 34.3 Å². The number of benzene rings is 2. The van der Waals surface area contributed by atoms with Crippen LogP contribution in [0.5, 0.6) is 0 Å². The molecule has 3 aromatic heterocycles. The molecule has 0 aliphatic carbocycles. The number of urea groups is 1. The van der Waals surface area contributed by atoms with E-state index in [1.165, 1.54) is 23.1 Å². The normalized spacial score (nSPS) is 11.5. The van der Waals surface area contributed by atoms with Crippen LogP contribution >= 0.6 is 0 Å². The van der Waals surface area contributed by atoms with Crippen LogP contribution in [0.2, 0.25) is 0 Å². The van der Waals surface area contributed by atoms with Gasteiger partial charge in [0.2, 0.25) is 0 Å². The minimum absolute atomic E-state index is 0.0344. The molecule has 0 aliphatic rings. The van der Waals surface area contributed by atoms with Crippen LogP contribution in [0.3, 0.4) is 0 Å². The monoisotopic (exact) mass is 494 g/mol. The standard InChI is InChI=1S/C23H17F3N8O2/c24-23(25,26)13-1-6-17(34-10-8-30-34)16(11-13)32-22(36)31-14-2-4-15(5-3-14)33-9-7-18(35)19-20(27)28-12-29-21(19)33/h1-12,30H,(H2,27,28,29)(H2,31,32,36). The number of nitrogen functional groups attached to an aromatic ring is 1. The molecule has 0 spiro atoms. The second-order valence-corrected chi connectivity index (χ2v) is 7.68. The summed E-state index contributed by atoms with van der Waals surface area (Å²) < 4.78 is 42.7. The van der Waals surface area contributed by atoms with Gasteiger partial charge in [-0.05, 0) is 42.5 Å². The molecular weight excluding hydrogens is 477 g/mol. The Morgan fingerprint density at radius 3 is 2.42 bits per heavy atom. The molecule has 0 fully saturated rings. The number of nitrogens with one attached hydrogen (secondary N) is 3. The number of nitrogens with two attached hydrogens (primary N) is 1. The van der Waals surface area contributed by atoms with Gasteiger partial charge >= 0.3 is 12.2 Å². The zero-order valence-electron chi connectivity index (χ0n) is 18.2. The molecule has 3 heterocycles. The van der Waals surface area contributed by atoms with Gasteiger partial charge in [0.25, 0.3) is 0 Å². The van der Waals surface area contributed by atoms with Crippen molar-refractivity contribution in [2.75, 3.05) is 16.4 Å². The third-order valence-corrected chi connectivity index (χ3v) is 5.38. The summed E-state index contributed by atoms with van der Waals surface area (Å²) in [6, 6.07) is 10.2. The van der Waals surface area contributed by atoms with E-state index in [4.69, 9.17) is 5.73 Å². The molecule has 0 bridgehead atoms. The molecule has 0 saturated carbocycles. The molecule has 0 aliphatic heterocycles. The largest absolute Gasteiger partial charge is 0.416 e. The van der Waals surface area contributed by atoms with Crippen molar-refractivity contribution in [2.24, 2.45) is 0 Å². The average Bonchev–Trinajstić information content (AvgIpc) is 2.79. The summed E-state index contributed by atoms with van der Waals surface area (Å²) >= 11 is 0. The smallest absolute Gasteiger partial charge is 0.383 e. The van der Waals surface area contributed by atoms with E-state index in [2.05, 4.69) is 25.7 Å². The number of hydrogen-bond donors (Lipinski definition) is 4. The summed E-state index contributed by atoms with van der Waals surface area (Å²) in [6.07, 6.45) is 1.42. The molecule has 10 nitrogen and oxygen atoms in total. The van der Waals surface area contributed by atoms with Gasteiger partial charge in [0.1, 0.15) is 17.5 Å². The number of aromatic amines is 1. The average molecular weight is 494 g/mol. The van der Waals surface area contributed by atoms with Crippen LogP contribution in [-0.4, -0.2) is 30.3 Å². The van der Waals surface area contributed by atoms with Crippen molar-refractivity contribution in [1.82, 2.24) is 24.3 Å². The number of H-pyrrole nitrogens is 1. The number of rotatable bonds is 4. The second-order valence-electron chi connectivity index (χ2n) is 7.68. The van der Waals surface area contributed by atoms with Gasteiger partial charge in [0.15, 0.2) is 11.1 Å². The van der Waals surface area contributed by atoms with E-state index in [1.807, 2.05) is 0 Å². The predicted octanol–water partition coefficient (Wildman–Crippen LogP) is 4.14. The Balaban J connectivity index is 1.38. The van der Waals surface area contributed by atoms with Gasteiger partial charge in [0, 0.05) is 36.0 Å². The molecule has 36 heavy (non-hydrogen) atoms. The minimum Gasteiger partial charge on any atom is -0.383 e. The summed E-state index contributed by atoms with van der Waals surface area (Å²) in [5.74, 6) is 0.0622. The lowest BCUT2D eigenvalue weighted by atomic mass is 10.1. The highest BCUT2D eigenvalue weighted by Crippen LogP contribution is 2.33. The minimum atomic E-state index is -4.57. The van der Waals surface area contributed by atoms with Gasteiger partial charge in [-0.2, -0.15) is 13.2 Å². The lowest BCUT2D eigenvalue weighted by Crippen LogP contribution is -2.21. The highest BCUT2D eigenvalue weighted by atomic mass is 19.4. The molecule has 13 heteroatoms. The number of pyridine rings is 1. The Morgan fingerprint density at radius 2 is 1.75 bits per heavy atom. The third-order valence-electron chi connectivity index (χ3n) is 5.38. The fourth-order valence-corrected chi connectivity index (χ4v) is 3.62. The lowest BCUT2D eigenvalue weighted by Gasteiger charge is -2.18. The Bertz CT molecular complexity index is 1620. The third kappa shape index (κ3) is 4.24. The number of carbonyl (C=O) groups is 1. The van der Waals surface area contributed by atoms with Crippen molar-refractivity contribution in [3.05, 3.63) is 89.2 Å². The molecule has 2 aromatic carbocycles. The van der Waals surface area contributed by atoms with Crippen molar-refractivity contribution in [3.63, 3.8) is 0 Å². The SMILES string of the molecule is Nc1ncnc2c1c(=O)ccn2-c1ccc(NC(=O)Nc2cc(C(F)(F)F)ccc2-n2cc[nH]2)cc1. The van der Waals surface area contributed by atoms with Gasteiger partial charge in [-0.25, -0.2) is 14.8 Å². The van der Waals surface area contributed by atoms with Gasteiger partial charge < -0.3 is 20.9 Å². The maximum Gasteiger partial charge on any atom is 0.416 e. The van der Waals surface area contributed by atoms with Crippen molar-refractivity contribution in [3.8, 4) is 11.4 Å². The molecule has 0 unspecified atom stereocenters. The van der Waals surface area contributed by atoms with E-state index in [0.717, 1.165) is 12.1 Å². The van der Waals surface area contributed by atoms with E-state index in [0.29, 0.717) is 22.7 Å². The number of fused-ring (bicyclic) bond motifs is 1. The number of amides is 2. The Labute approximate surface area is 200 Å². The van der Waals surface area contributed by atoms with Crippen molar-refractivity contribution in [2.45, 2.75) is 6.18 Å². The van der Waals surface area contributed by atoms with Gasteiger partial charge in [0.05, 0.1) is 16.9 Å². The molecule has 5 rings (SSSR count). The number of carbonyl (C=O) groups excluding carboxylic acids is 1. The summed E-state index contributed by atoms with van der Waals surface area (Å²) in [7, 11) is 0. The first kappa shape index (κ1) is 22.7.